The van der Waals surface area contributed by atoms with Crippen molar-refractivity contribution in [2.24, 2.45) is 0 Å². The molecule has 0 atom stereocenters. The number of para-hydroxylation sites is 2. The third-order valence-corrected chi connectivity index (χ3v) is 7.24. The Bertz CT molecular complexity index is 1460. The van der Waals surface area contributed by atoms with Crippen molar-refractivity contribution in [3.63, 3.8) is 0 Å². The molecular formula is C34H40N2. The molecule has 0 aliphatic rings. The summed E-state index contributed by atoms with van der Waals surface area (Å²) in [5.41, 5.74) is 8.98. The molecule has 0 N–H and O–H groups in total. The minimum absolute atomic E-state index is 0.00758. The van der Waals surface area contributed by atoms with E-state index in [9.17, 15) is 0 Å². The maximum atomic E-state index is 2.48. The van der Waals surface area contributed by atoms with Gasteiger partial charge in [-0.25, -0.2) is 0 Å². The SMILES string of the molecule is CC(C)(C)c1cc(-n2c(C(C)(C)C)cc3ccccc32)cc(-n2c(C(C)(C)C)cc3ccccc32)c1. The minimum atomic E-state index is 0.00758. The highest BCUT2D eigenvalue weighted by Gasteiger charge is 2.26. The van der Waals surface area contributed by atoms with Crippen LogP contribution in [0.4, 0.5) is 0 Å². The van der Waals surface area contributed by atoms with Crippen molar-refractivity contribution >= 4 is 21.8 Å². The number of fused-ring (bicyclic) bond motifs is 2. The molecule has 3 aromatic carbocycles. The highest BCUT2D eigenvalue weighted by atomic mass is 15.0. The Hall–Kier alpha value is -3.26. The van der Waals surface area contributed by atoms with Crippen molar-refractivity contribution in [2.75, 3.05) is 0 Å². The first-order valence-corrected chi connectivity index (χ1v) is 13.1. The van der Waals surface area contributed by atoms with Gasteiger partial charge < -0.3 is 9.13 Å². The van der Waals surface area contributed by atoms with Gasteiger partial charge in [-0.1, -0.05) is 98.7 Å². The topological polar surface area (TPSA) is 9.86 Å². The van der Waals surface area contributed by atoms with Crippen LogP contribution in [0.1, 0.15) is 79.3 Å². The lowest BCUT2D eigenvalue weighted by Crippen LogP contribution is -2.19. The van der Waals surface area contributed by atoms with E-state index in [2.05, 4.69) is 150 Å². The zero-order chi connectivity index (χ0) is 26.0. The lowest BCUT2D eigenvalue weighted by Gasteiger charge is -2.27. The number of aromatic nitrogens is 2. The summed E-state index contributed by atoms with van der Waals surface area (Å²) in [6.45, 7) is 20.8. The predicted octanol–water partition coefficient (Wildman–Crippen LogP) is 9.47. The van der Waals surface area contributed by atoms with Crippen LogP contribution in [0.15, 0.2) is 78.9 Å². The molecule has 5 rings (SSSR count). The fraction of sp³-hybridized carbons (Fsp3) is 0.353. The molecule has 0 saturated carbocycles. The first-order valence-electron chi connectivity index (χ1n) is 13.1. The molecule has 186 valence electrons. The first kappa shape index (κ1) is 24.4. The van der Waals surface area contributed by atoms with Crippen molar-refractivity contribution in [1.82, 2.24) is 9.13 Å². The van der Waals surface area contributed by atoms with Crippen molar-refractivity contribution < 1.29 is 0 Å². The van der Waals surface area contributed by atoms with E-state index in [0.29, 0.717) is 0 Å². The van der Waals surface area contributed by atoms with Gasteiger partial charge in [0.1, 0.15) is 0 Å². The second-order valence-corrected chi connectivity index (χ2v) is 13.3. The minimum Gasteiger partial charge on any atom is -0.313 e. The number of hydrogen-bond donors (Lipinski definition) is 0. The summed E-state index contributed by atoms with van der Waals surface area (Å²) in [6.07, 6.45) is 0. The van der Waals surface area contributed by atoms with Crippen LogP contribution in [-0.4, -0.2) is 9.13 Å². The van der Waals surface area contributed by atoms with E-state index in [0.717, 1.165) is 0 Å². The second-order valence-electron chi connectivity index (χ2n) is 13.3. The van der Waals surface area contributed by atoms with Crippen LogP contribution in [0.3, 0.4) is 0 Å². The Morgan fingerprint density at radius 3 is 1.19 bits per heavy atom. The lowest BCUT2D eigenvalue weighted by molar-refractivity contribution is 0.555. The van der Waals surface area contributed by atoms with E-state index in [-0.39, 0.29) is 16.2 Å². The Labute approximate surface area is 216 Å². The third kappa shape index (κ3) is 4.17. The molecule has 0 unspecified atom stereocenters. The van der Waals surface area contributed by atoms with Crippen molar-refractivity contribution in [3.8, 4) is 11.4 Å². The molecule has 36 heavy (non-hydrogen) atoms. The largest absolute Gasteiger partial charge is 0.313 e. The summed E-state index contributed by atoms with van der Waals surface area (Å²) >= 11 is 0. The normalized spacial score (nSPS) is 13.1. The molecule has 0 fully saturated rings. The van der Waals surface area contributed by atoms with Gasteiger partial charge in [0.25, 0.3) is 0 Å². The maximum Gasteiger partial charge on any atom is 0.0531 e. The lowest BCUT2D eigenvalue weighted by atomic mass is 9.86. The summed E-state index contributed by atoms with van der Waals surface area (Å²) in [5, 5.41) is 2.57. The summed E-state index contributed by atoms with van der Waals surface area (Å²) in [7, 11) is 0. The van der Waals surface area contributed by atoms with Crippen LogP contribution in [0, 0.1) is 0 Å². The standard InChI is InChI=1S/C34H40N2/c1-32(2,3)25-20-26(35-28-16-12-10-14-23(28)18-30(35)33(4,5)6)22-27(21-25)36-29-17-13-11-15-24(29)19-31(36)34(7,8)9/h10-22H,1-9H3. The summed E-state index contributed by atoms with van der Waals surface area (Å²) in [4.78, 5) is 0. The Balaban J connectivity index is 1.90. The Morgan fingerprint density at radius 1 is 0.444 bits per heavy atom. The van der Waals surface area contributed by atoms with E-state index >= 15 is 0 Å². The number of rotatable bonds is 2. The number of benzene rings is 3. The predicted molar refractivity (Wildman–Crippen MR) is 156 cm³/mol. The van der Waals surface area contributed by atoms with Gasteiger partial charge in [0.05, 0.1) is 11.0 Å². The van der Waals surface area contributed by atoms with Crippen molar-refractivity contribution in [3.05, 3.63) is 95.8 Å². The Morgan fingerprint density at radius 2 is 0.833 bits per heavy atom. The van der Waals surface area contributed by atoms with Crippen LogP contribution in [-0.2, 0) is 16.2 Å². The van der Waals surface area contributed by atoms with Gasteiger partial charge in [-0.3, -0.25) is 0 Å². The van der Waals surface area contributed by atoms with Crippen molar-refractivity contribution in [2.45, 2.75) is 78.6 Å². The van der Waals surface area contributed by atoms with Gasteiger partial charge >= 0.3 is 0 Å². The average Bonchev–Trinajstić information content (AvgIpc) is 3.37. The molecule has 0 aliphatic carbocycles. The van der Waals surface area contributed by atoms with Crippen LogP contribution in [0.25, 0.3) is 33.2 Å². The zero-order valence-electron chi connectivity index (χ0n) is 23.4. The molecule has 2 aromatic heterocycles. The highest BCUT2D eigenvalue weighted by molar-refractivity contribution is 5.85. The van der Waals surface area contributed by atoms with Crippen molar-refractivity contribution in [1.29, 1.82) is 0 Å². The molecule has 0 bridgehead atoms. The van der Waals surface area contributed by atoms with Crippen LogP contribution >= 0.6 is 0 Å². The summed E-state index contributed by atoms with van der Waals surface area (Å²) in [6, 6.07) is 29.4. The van der Waals surface area contributed by atoms with Gasteiger partial charge in [0.15, 0.2) is 0 Å². The number of nitrogens with zero attached hydrogens (tertiary/aromatic N) is 2. The molecule has 2 heteroatoms. The fourth-order valence-corrected chi connectivity index (χ4v) is 5.26. The molecule has 0 saturated heterocycles. The van der Waals surface area contributed by atoms with Gasteiger partial charge in [0.2, 0.25) is 0 Å². The molecule has 0 aliphatic heterocycles. The first-order chi connectivity index (χ1) is 16.7. The van der Waals surface area contributed by atoms with Gasteiger partial charge in [-0.15, -0.1) is 0 Å². The smallest absolute Gasteiger partial charge is 0.0531 e. The van der Waals surface area contributed by atoms with E-state index in [1.54, 1.807) is 0 Å². The van der Waals surface area contributed by atoms with E-state index in [4.69, 9.17) is 0 Å². The Kier molecular flexibility index (Phi) is 5.52. The number of hydrogen-bond acceptors (Lipinski definition) is 0. The van der Waals surface area contributed by atoms with Gasteiger partial charge in [0, 0.05) is 44.4 Å². The van der Waals surface area contributed by atoms with Crippen LogP contribution in [0.2, 0.25) is 0 Å². The molecule has 0 radical (unpaired) electrons. The summed E-state index contributed by atoms with van der Waals surface area (Å²) < 4.78 is 4.97. The molecule has 2 nitrogen and oxygen atoms in total. The average molecular weight is 477 g/mol. The maximum absolute atomic E-state index is 2.48. The van der Waals surface area contributed by atoms with E-state index in [1.165, 1.54) is 50.1 Å². The fourth-order valence-electron chi connectivity index (χ4n) is 5.26. The highest BCUT2D eigenvalue weighted by Crippen LogP contribution is 2.38. The van der Waals surface area contributed by atoms with E-state index < -0.39 is 0 Å². The second kappa shape index (κ2) is 8.13. The van der Waals surface area contributed by atoms with Gasteiger partial charge in [-0.2, -0.15) is 0 Å². The van der Waals surface area contributed by atoms with Gasteiger partial charge in [-0.05, 0) is 53.4 Å². The molecule has 0 spiro atoms. The third-order valence-electron chi connectivity index (χ3n) is 7.24. The van der Waals surface area contributed by atoms with Crippen LogP contribution in [0.5, 0.6) is 0 Å². The monoisotopic (exact) mass is 476 g/mol. The quantitative estimate of drug-likeness (QED) is 0.240. The van der Waals surface area contributed by atoms with E-state index in [1.807, 2.05) is 0 Å². The molecule has 5 aromatic rings. The summed E-state index contributed by atoms with van der Waals surface area (Å²) in [5.74, 6) is 0. The van der Waals surface area contributed by atoms with Crippen LogP contribution < -0.4 is 0 Å². The molecular weight excluding hydrogens is 436 g/mol. The molecule has 2 heterocycles. The molecule has 0 amide bonds. The zero-order valence-corrected chi connectivity index (χ0v) is 23.4.